The van der Waals surface area contributed by atoms with E-state index in [1.807, 2.05) is 31.1 Å². The lowest BCUT2D eigenvalue weighted by Crippen LogP contribution is -2.48. The minimum Gasteiger partial charge on any atom is -0.355 e. The Morgan fingerprint density at radius 1 is 1.67 bits per heavy atom. The monoisotopic (exact) mass is 246 g/mol. The molecule has 1 atom stereocenters. The van der Waals surface area contributed by atoms with Crippen molar-refractivity contribution in [3.63, 3.8) is 0 Å². The number of halogens is 1. The molecule has 0 fully saturated rings. The molecule has 0 aromatic heterocycles. The number of hydrogen-bond acceptors (Lipinski definition) is 3. The highest BCUT2D eigenvalue weighted by atomic mass is 35.5. The topological polar surface area (TPSA) is 15.3 Å². The second kappa shape index (κ2) is 6.99. The van der Waals surface area contributed by atoms with Crippen molar-refractivity contribution in [2.75, 3.05) is 13.6 Å². The van der Waals surface area contributed by atoms with E-state index in [1.54, 1.807) is 6.08 Å². The lowest BCUT2D eigenvalue weighted by atomic mass is 10.4. The molecular formula is C11H19ClN2S. The summed E-state index contributed by atoms with van der Waals surface area (Å²) in [7, 11) is 1.92. The van der Waals surface area contributed by atoms with Gasteiger partial charge in [0.05, 0.1) is 0 Å². The SMILES string of the molecule is C=CCCNC(C)(S)N(C)/C=C\C(=C)Cl. The zero-order valence-electron chi connectivity index (χ0n) is 9.33. The molecule has 2 nitrogen and oxygen atoms in total. The van der Waals surface area contributed by atoms with Gasteiger partial charge in [0, 0.05) is 24.8 Å². The van der Waals surface area contributed by atoms with Gasteiger partial charge in [0.15, 0.2) is 0 Å². The fourth-order valence-electron chi connectivity index (χ4n) is 0.874. The normalized spacial score (nSPS) is 14.9. The van der Waals surface area contributed by atoms with Crippen LogP contribution in [0.25, 0.3) is 0 Å². The van der Waals surface area contributed by atoms with Crippen molar-refractivity contribution >= 4 is 24.2 Å². The molecule has 0 saturated carbocycles. The maximum Gasteiger partial charge on any atom is 0.133 e. The first kappa shape index (κ1) is 14.6. The zero-order chi connectivity index (χ0) is 11.9. The van der Waals surface area contributed by atoms with Crippen LogP contribution in [0.5, 0.6) is 0 Å². The fourth-order valence-corrected chi connectivity index (χ4v) is 1.11. The molecule has 0 saturated heterocycles. The molecule has 0 heterocycles. The highest BCUT2D eigenvalue weighted by molar-refractivity contribution is 7.81. The third kappa shape index (κ3) is 6.66. The molecule has 0 aromatic carbocycles. The van der Waals surface area contributed by atoms with Crippen molar-refractivity contribution in [3.8, 4) is 0 Å². The molecule has 0 amide bonds. The Bertz CT molecular complexity index is 249. The quantitative estimate of drug-likeness (QED) is 0.236. The Balaban J connectivity index is 4.18. The van der Waals surface area contributed by atoms with E-state index in [-0.39, 0.29) is 0 Å². The summed E-state index contributed by atoms with van der Waals surface area (Å²) in [5.41, 5.74) is 0. The molecule has 4 heteroatoms. The number of thiol groups is 1. The molecule has 1 unspecified atom stereocenters. The van der Waals surface area contributed by atoms with E-state index < -0.39 is 4.99 Å². The van der Waals surface area contributed by atoms with E-state index in [0.717, 1.165) is 13.0 Å². The maximum atomic E-state index is 5.63. The van der Waals surface area contributed by atoms with Gasteiger partial charge in [-0.1, -0.05) is 24.3 Å². The minimum absolute atomic E-state index is 0.411. The molecule has 0 aliphatic carbocycles. The van der Waals surface area contributed by atoms with E-state index in [0.29, 0.717) is 5.03 Å². The maximum absolute atomic E-state index is 5.63. The van der Waals surface area contributed by atoms with Crippen LogP contribution in [0.15, 0.2) is 36.5 Å². The van der Waals surface area contributed by atoms with Crippen LogP contribution in [-0.2, 0) is 0 Å². The standard InChI is InChI=1S/C11H19ClN2S/c1-5-6-8-13-11(3,15)14(4)9-7-10(2)12/h5,7,9,13,15H,1-2,6,8H2,3-4H3/b9-7-. The minimum atomic E-state index is -0.411. The predicted molar refractivity (Wildman–Crippen MR) is 72.1 cm³/mol. The van der Waals surface area contributed by atoms with Crippen molar-refractivity contribution < 1.29 is 0 Å². The van der Waals surface area contributed by atoms with Gasteiger partial charge in [0.2, 0.25) is 0 Å². The summed E-state index contributed by atoms with van der Waals surface area (Å²) in [6.07, 6.45) is 6.34. The van der Waals surface area contributed by atoms with Gasteiger partial charge < -0.3 is 4.90 Å². The van der Waals surface area contributed by atoms with Gasteiger partial charge in [-0.2, -0.15) is 0 Å². The van der Waals surface area contributed by atoms with E-state index in [4.69, 9.17) is 11.6 Å². The van der Waals surface area contributed by atoms with E-state index in [9.17, 15) is 0 Å². The first-order valence-electron chi connectivity index (χ1n) is 4.74. The number of nitrogens with zero attached hydrogens (tertiary/aromatic N) is 1. The molecule has 0 bridgehead atoms. The van der Waals surface area contributed by atoms with Gasteiger partial charge >= 0.3 is 0 Å². The molecule has 0 radical (unpaired) electrons. The van der Waals surface area contributed by atoms with Crippen LogP contribution in [0.1, 0.15) is 13.3 Å². The molecule has 1 N–H and O–H groups in total. The summed E-state index contributed by atoms with van der Waals surface area (Å²) in [6.45, 7) is 10.1. The second-order valence-corrected chi connectivity index (χ2v) is 4.75. The molecule has 0 rings (SSSR count). The molecule has 0 aliphatic rings. The molecule has 86 valence electrons. The largest absolute Gasteiger partial charge is 0.355 e. The van der Waals surface area contributed by atoms with Gasteiger partial charge in [-0.25, -0.2) is 0 Å². The van der Waals surface area contributed by atoms with Crippen LogP contribution in [0.2, 0.25) is 0 Å². The lowest BCUT2D eigenvalue weighted by Gasteiger charge is -2.34. The van der Waals surface area contributed by atoms with Crippen LogP contribution in [0, 0.1) is 0 Å². The molecule has 15 heavy (non-hydrogen) atoms. The predicted octanol–water partition coefficient (Wildman–Crippen LogP) is 2.95. The van der Waals surface area contributed by atoms with E-state index in [1.165, 1.54) is 0 Å². The van der Waals surface area contributed by atoms with Crippen molar-refractivity contribution in [2.45, 2.75) is 18.3 Å². The van der Waals surface area contributed by atoms with Crippen molar-refractivity contribution in [3.05, 3.63) is 36.5 Å². The van der Waals surface area contributed by atoms with E-state index in [2.05, 4.69) is 31.1 Å². The van der Waals surface area contributed by atoms with Gasteiger partial charge in [0.25, 0.3) is 0 Å². The number of rotatable bonds is 7. The van der Waals surface area contributed by atoms with Crippen LogP contribution in [0.3, 0.4) is 0 Å². The van der Waals surface area contributed by atoms with Crippen molar-refractivity contribution in [2.24, 2.45) is 0 Å². The van der Waals surface area contributed by atoms with Crippen LogP contribution in [-0.4, -0.2) is 23.5 Å². The number of hydrogen-bond donors (Lipinski definition) is 2. The summed E-state index contributed by atoms with van der Waals surface area (Å²) in [5.74, 6) is 0. The highest BCUT2D eigenvalue weighted by Crippen LogP contribution is 2.15. The first-order chi connectivity index (χ1) is 6.90. The van der Waals surface area contributed by atoms with Crippen molar-refractivity contribution in [1.82, 2.24) is 10.2 Å². The Hall–Kier alpha value is -0.380. The van der Waals surface area contributed by atoms with Crippen LogP contribution >= 0.6 is 24.2 Å². The molecule has 0 spiro atoms. The van der Waals surface area contributed by atoms with Gasteiger partial charge in [-0.05, 0) is 19.4 Å². The number of nitrogens with one attached hydrogen (secondary N) is 1. The average Bonchev–Trinajstić information content (AvgIpc) is 2.14. The van der Waals surface area contributed by atoms with E-state index >= 15 is 0 Å². The smallest absolute Gasteiger partial charge is 0.133 e. The average molecular weight is 247 g/mol. The summed E-state index contributed by atoms with van der Waals surface area (Å²) in [6, 6.07) is 0. The third-order valence-corrected chi connectivity index (χ3v) is 2.57. The van der Waals surface area contributed by atoms with Gasteiger partial charge in [0.1, 0.15) is 4.99 Å². The highest BCUT2D eigenvalue weighted by Gasteiger charge is 2.20. The third-order valence-electron chi connectivity index (χ3n) is 1.97. The first-order valence-corrected chi connectivity index (χ1v) is 5.56. The summed E-state index contributed by atoms with van der Waals surface area (Å²) >= 11 is 10.1. The van der Waals surface area contributed by atoms with Crippen molar-refractivity contribution in [1.29, 1.82) is 0 Å². The number of allylic oxidation sites excluding steroid dienone is 2. The summed E-state index contributed by atoms with van der Waals surface area (Å²) in [4.78, 5) is 1.51. The summed E-state index contributed by atoms with van der Waals surface area (Å²) in [5, 5.41) is 3.78. The Labute approximate surface area is 103 Å². The lowest BCUT2D eigenvalue weighted by molar-refractivity contribution is 0.263. The Morgan fingerprint density at radius 3 is 2.73 bits per heavy atom. The Kier molecular flexibility index (Phi) is 6.81. The second-order valence-electron chi connectivity index (χ2n) is 3.40. The zero-order valence-corrected chi connectivity index (χ0v) is 11.0. The van der Waals surface area contributed by atoms with Gasteiger partial charge in [-0.3, -0.25) is 5.32 Å². The van der Waals surface area contributed by atoms with Crippen LogP contribution < -0.4 is 5.32 Å². The fraction of sp³-hybridized carbons (Fsp3) is 0.455. The summed E-state index contributed by atoms with van der Waals surface area (Å²) < 4.78 is 0. The molecular weight excluding hydrogens is 228 g/mol. The van der Waals surface area contributed by atoms with Gasteiger partial charge in [-0.15, -0.1) is 19.2 Å². The Morgan fingerprint density at radius 2 is 2.27 bits per heavy atom. The molecule has 0 aliphatic heterocycles. The van der Waals surface area contributed by atoms with Crippen LogP contribution in [0.4, 0.5) is 0 Å². The molecule has 0 aromatic rings.